The van der Waals surface area contributed by atoms with E-state index in [0.717, 1.165) is 0 Å². The van der Waals surface area contributed by atoms with Gasteiger partial charge in [0.15, 0.2) is 0 Å². The summed E-state index contributed by atoms with van der Waals surface area (Å²) in [5.41, 5.74) is -0.819. The van der Waals surface area contributed by atoms with E-state index < -0.39 is 17.5 Å². The van der Waals surface area contributed by atoms with Gasteiger partial charge >= 0.3 is 5.97 Å². The summed E-state index contributed by atoms with van der Waals surface area (Å²) >= 11 is 0. The third kappa shape index (κ3) is 3.40. The number of carboxylic acids is 1. The van der Waals surface area contributed by atoms with Crippen LogP contribution in [0.15, 0.2) is 0 Å². The van der Waals surface area contributed by atoms with E-state index >= 15 is 0 Å². The summed E-state index contributed by atoms with van der Waals surface area (Å²) in [5, 5.41) is 19.3. The van der Waals surface area contributed by atoms with Gasteiger partial charge in [-0.2, -0.15) is 0 Å². The zero-order chi connectivity index (χ0) is 13.2. The highest BCUT2D eigenvalue weighted by Gasteiger charge is 2.39. The molecule has 1 aliphatic rings. The molecule has 1 saturated heterocycles. The molecule has 2 N–H and O–H groups in total. The molecule has 0 aliphatic carbocycles. The molecule has 0 aromatic carbocycles. The molecule has 1 fully saturated rings. The fourth-order valence-electron chi connectivity index (χ4n) is 2.02. The fraction of sp³-hybridized carbons (Fsp3) is 0.917. The number of hydrogen-bond acceptors (Lipinski definition) is 4. The summed E-state index contributed by atoms with van der Waals surface area (Å²) in [6, 6.07) is -0.155. The molecular formula is C12H23NO4. The average molecular weight is 245 g/mol. The van der Waals surface area contributed by atoms with Crippen molar-refractivity contribution in [2.75, 3.05) is 26.8 Å². The van der Waals surface area contributed by atoms with Crippen molar-refractivity contribution in [3.05, 3.63) is 0 Å². The van der Waals surface area contributed by atoms with Crippen LogP contribution in [0.1, 0.15) is 20.8 Å². The smallest absolute Gasteiger partial charge is 0.310 e. The van der Waals surface area contributed by atoms with Gasteiger partial charge in [0.2, 0.25) is 0 Å². The van der Waals surface area contributed by atoms with Gasteiger partial charge in [-0.05, 0) is 19.9 Å². The molecule has 0 spiro atoms. The number of hydrogen-bond donors (Lipinski definition) is 2. The van der Waals surface area contributed by atoms with Crippen LogP contribution in [0.2, 0.25) is 0 Å². The van der Waals surface area contributed by atoms with Crippen molar-refractivity contribution < 1.29 is 19.7 Å². The summed E-state index contributed by atoms with van der Waals surface area (Å²) in [7, 11) is 1.84. The van der Waals surface area contributed by atoms with Crippen molar-refractivity contribution in [3.63, 3.8) is 0 Å². The van der Waals surface area contributed by atoms with E-state index in [1.807, 2.05) is 25.8 Å². The zero-order valence-corrected chi connectivity index (χ0v) is 11.0. The maximum atomic E-state index is 11.0. The van der Waals surface area contributed by atoms with Crippen LogP contribution in [0.25, 0.3) is 0 Å². The Morgan fingerprint density at radius 2 is 2.12 bits per heavy atom. The maximum absolute atomic E-state index is 11.0. The van der Waals surface area contributed by atoms with Gasteiger partial charge in [-0.1, -0.05) is 13.8 Å². The Morgan fingerprint density at radius 1 is 1.53 bits per heavy atom. The van der Waals surface area contributed by atoms with Crippen LogP contribution in [-0.2, 0) is 9.53 Å². The van der Waals surface area contributed by atoms with E-state index in [-0.39, 0.29) is 18.6 Å². The highest BCUT2D eigenvalue weighted by Crippen LogP contribution is 2.23. The van der Waals surface area contributed by atoms with Gasteiger partial charge in [0, 0.05) is 12.6 Å². The number of nitrogens with zero attached hydrogens (tertiary/aromatic N) is 1. The van der Waals surface area contributed by atoms with Crippen molar-refractivity contribution in [2.24, 2.45) is 11.8 Å². The minimum absolute atomic E-state index is 0.121. The zero-order valence-electron chi connectivity index (χ0n) is 11.0. The van der Waals surface area contributed by atoms with Gasteiger partial charge < -0.3 is 14.9 Å². The minimum Gasteiger partial charge on any atom is -0.481 e. The fourth-order valence-corrected chi connectivity index (χ4v) is 2.02. The van der Waals surface area contributed by atoms with E-state index in [1.54, 1.807) is 6.92 Å². The number of likely N-dealkylation sites (N-methyl/N-ethyl adjacent to an activating group) is 1. The lowest BCUT2D eigenvalue weighted by Crippen LogP contribution is -2.49. The van der Waals surface area contributed by atoms with Crippen molar-refractivity contribution in [2.45, 2.75) is 32.4 Å². The average Bonchev–Trinajstić information content (AvgIpc) is 2.64. The first-order chi connectivity index (χ1) is 7.75. The Bertz CT molecular complexity index is 278. The molecule has 1 heterocycles. The van der Waals surface area contributed by atoms with Crippen LogP contribution < -0.4 is 0 Å². The Morgan fingerprint density at radius 3 is 2.59 bits per heavy atom. The Hall–Kier alpha value is -0.650. The number of aliphatic hydroxyl groups is 1. The number of ether oxygens (including phenoxy) is 1. The van der Waals surface area contributed by atoms with Crippen molar-refractivity contribution in [3.8, 4) is 0 Å². The summed E-state index contributed by atoms with van der Waals surface area (Å²) in [6.45, 7) is 6.80. The highest BCUT2D eigenvalue weighted by molar-refractivity contribution is 5.71. The second-order valence-electron chi connectivity index (χ2n) is 5.48. The molecule has 5 heteroatoms. The molecule has 0 saturated carbocycles. The van der Waals surface area contributed by atoms with E-state index in [1.165, 1.54) is 0 Å². The lowest BCUT2D eigenvalue weighted by Gasteiger charge is -2.35. The van der Waals surface area contributed by atoms with Gasteiger partial charge in [0.25, 0.3) is 0 Å². The van der Waals surface area contributed by atoms with Gasteiger partial charge in [0.1, 0.15) is 0 Å². The molecule has 0 amide bonds. The van der Waals surface area contributed by atoms with E-state index in [9.17, 15) is 9.90 Å². The van der Waals surface area contributed by atoms with Crippen molar-refractivity contribution in [1.29, 1.82) is 0 Å². The molecule has 5 nitrogen and oxygen atoms in total. The molecule has 0 aromatic heterocycles. The predicted molar refractivity (Wildman–Crippen MR) is 63.8 cm³/mol. The standard InChI is InChI=1S/C12H23NO4/c1-8(2)12(3,16)7-13(4)10-6-17-5-9(10)11(14)15/h8-10,16H,5-7H2,1-4H3,(H,14,15). The lowest BCUT2D eigenvalue weighted by atomic mass is 9.91. The molecule has 1 rings (SSSR count). The van der Waals surface area contributed by atoms with Crippen LogP contribution in [0, 0.1) is 11.8 Å². The van der Waals surface area contributed by atoms with Crippen molar-refractivity contribution >= 4 is 5.97 Å². The second kappa shape index (κ2) is 5.33. The number of rotatable bonds is 5. The van der Waals surface area contributed by atoms with Crippen LogP contribution in [-0.4, -0.2) is 59.5 Å². The first-order valence-electron chi connectivity index (χ1n) is 5.99. The van der Waals surface area contributed by atoms with Gasteiger partial charge in [-0.3, -0.25) is 9.69 Å². The number of carboxylic acid groups (broad SMARTS) is 1. The Labute approximate surface area is 102 Å². The molecule has 0 radical (unpaired) electrons. The molecule has 1 aliphatic heterocycles. The van der Waals surface area contributed by atoms with Crippen LogP contribution in [0.3, 0.4) is 0 Å². The molecule has 3 unspecified atom stereocenters. The first kappa shape index (κ1) is 14.4. The third-order valence-electron chi connectivity index (χ3n) is 3.75. The summed E-state index contributed by atoms with van der Waals surface area (Å²) in [5.74, 6) is -1.21. The topological polar surface area (TPSA) is 70.0 Å². The number of carbonyl (C=O) groups is 1. The molecule has 3 atom stereocenters. The molecule has 100 valence electrons. The third-order valence-corrected chi connectivity index (χ3v) is 3.75. The molecule has 0 aromatic rings. The van der Waals surface area contributed by atoms with Crippen LogP contribution in [0.5, 0.6) is 0 Å². The number of aliphatic carboxylic acids is 1. The van der Waals surface area contributed by atoms with Crippen molar-refractivity contribution in [1.82, 2.24) is 4.90 Å². The summed E-state index contributed by atoms with van der Waals surface area (Å²) in [4.78, 5) is 12.9. The van der Waals surface area contributed by atoms with Gasteiger partial charge in [-0.15, -0.1) is 0 Å². The minimum atomic E-state index is -0.830. The lowest BCUT2D eigenvalue weighted by molar-refractivity contribution is -0.143. The first-order valence-corrected chi connectivity index (χ1v) is 5.99. The Balaban J connectivity index is 2.64. The van der Waals surface area contributed by atoms with Gasteiger partial charge in [0.05, 0.1) is 24.7 Å². The van der Waals surface area contributed by atoms with Crippen LogP contribution >= 0.6 is 0 Å². The normalized spacial score (nSPS) is 28.6. The Kier molecular flexibility index (Phi) is 4.52. The molecule has 17 heavy (non-hydrogen) atoms. The SMILES string of the molecule is CC(C)C(C)(O)CN(C)C1COCC1C(=O)O. The largest absolute Gasteiger partial charge is 0.481 e. The summed E-state index contributed by atoms with van der Waals surface area (Å²) in [6.07, 6.45) is 0. The summed E-state index contributed by atoms with van der Waals surface area (Å²) < 4.78 is 5.22. The van der Waals surface area contributed by atoms with E-state index in [0.29, 0.717) is 13.2 Å². The van der Waals surface area contributed by atoms with Crippen LogP contribution in [0.4, 0.5) is 0 Å². The monoisotopic (exact) mass is 245 g/mol. The van der Waals surface area contributed by atoms with E-state index in [2.05, 4.69) is 0 Å². The maximum Gasteiger partial charge on any atom is 0.310 e. The van der Waals surface area contributed by atoms with E-state index in [4.69, 9.17) is 9.84 Å². The highest BCUT2D eigenvalue weighted by atomic mass is 16.5. The second-order valence-corrected chi connectivity index (χ2v) is 5.48. The molecular weight excluding hydrogens is 222 g/mol. The van der Waals surface area contributed by atoms with Gasteiger partial charge in [-0.25, -0.2) is 0 Å². The molecule has 0 bridgehead atoms. The quantitative estimate of drug-likeness (QED) is 0.735. The predicted octanol–water partition coefficient (Wildman–Crippen LogP) is 0.425.